The van der Waals surface area contributed by atoms with E-state index in [1.165, 1.54) is 11.1 Å². The monoisotopic (exact) mass is 308 g/mol. The normalized spacial score (nSPS) is 29.7. The van der Waals surface area contributed by atoms with E-state index in [9.17, 15) is 5.11 Å². The van der Waals surface area contributed by atoms with Gasteiger partial charge >= 0.3 is 0 Å². The first-order chi connectivity index (χ1) is 10.3. The molecule has 0 amide bonds. The Morgan fingerprint density at radius 3 is 2.45 bits per heavy atom. The van der Waals surface area contributed by atoms with Crippen molar-refractivity contribution >= 4 is 0 Å². The van der Waals surface area contributed by atoms with E-state index in [0.29, 0.717) is 18.4 Å². The largest absolute Gasteiger partial charge is 0.393 e. The first-order valence-electron chi connectivity index (χ1n) is 8.90. The molecule has 0 aromatic carbocycles. The van der Waals surface area contributed by atoms with Crippen LogP contribution in [0, 0.1) is 17.8 Å². The number of allylic oxidation sites excluding steroid dienone is 3. The van der Waals surface area contributed by atoms with Gasteiger partial charge in [0.25, 0.3) is 0 Å². The van der Waals surface area contributed by atoms with Crippen molar-refractivity contribution in [2.45, 2.75) is 79.4 Å². The minimum atomic E-state index is -0.212. The summed E-state index contributed by atoms with van der Waals surface area (Å²) in [5.74, 6) is 1.29. The summed E-state index contributed by atoms with van der Waals surface area (Å²) < 4.78 is 6.14. The van der Waals surface area contributed by atoms with Crippen molar-refractivity contribution in [3.8, 4) is 0 Å². The smallest absolute Gasteiger partial charge is 0.0653 e. The minimum Gasteiger partial charge on any atom is -0.393 e. The van der Waals surface area contributed by atoms with E-state index in [1.54, 1.807) is 0 Å². The van der Waals surface area contributed by atoms with Crippen LogP contribution in [0.25, 0.3) is 0 Å². The highest BCUT2D eigenvalue weighted by molar-refractivity contribution is 5.02. The van der Waals surface area contributed by atoms with Gasteiger partial charge in [-0.1, -0.05) is 44.1 Å². The van der Waals surface area contributed by atoms with Crippen molar-refractivity contribution in [2.24, 2.45) is 17.8 Å². The molecule has 4 atom stereocenters. The van der Waals surface area contributed by atoms with Crippen LogP contribution in [0.5, 0.6) is 0 Å². The molecule has 1 saturated carbocycles. The lowest BCUT2D eigenvalue weighted by Crippen LogP contribution is -2.43. The molecule has 0 aromatic rings. The number of rotatable bonds is 7. The Morgan fingerprint density at radius 2 is 1.86 bits per heavy atom. The predicted octanol–water partition coefficient (Wildman–Crippen LogP) is 5.13. The molecule has 22 heavy (non-hydrogen) atoms. The van der Waals surface area contributed by atoms with E-state index in [0.717, 1.165) is 25.7 Å². The van der Waals surface area contributed by atoms with Crippen molar-refractivity contribution in [3.63, 3.8) is 0 Å². The third-order valence-electron chi connectivity index (χ3n) is 4.76. The van der Waals surface area contributed by atoms with Crippen LogP contribution in [0.1, 0.15) is 67.2 Å². The summed E-state index contributed by atoms with van der Waals surface area (Å²) in [7, 11) is 0. The maximum atomic E-state index is 10.4. The van der Waals surface area contributed by atoms with Crippen molar-refractivity contribution in [1.82, 2.24) is 0 Å². The Balaban J connectivity index is 2.48. The second kappa shape index (κ2) is 9.52. The molecule has 2 nitrogen and oxygen atoms in total. The SMILES string of the molecule is CC(C)=CCC/C(C)=C\COC1C[C@@H](C)C[C@@H](O)[C@@H]1C(C)C. The fraction of sp³-hybridized carbons (Fsp3) is 0.800. The summed E-state index contributed by atoms with van der Waals surface area (Å²) >= 11 is 0. The Kier molecular flexibility index (Phi) is 8.41. The van der Waals surface area contributed by atoms with Crippen molar-refractivity contribution in [1.29, 1.82) is 0 Å². The van der Waals surface area contributed by atoms with Gasteiger partial charge in [0.05, 0.1) is 18.8 Å². The molecule has 1 unspecified atom stereocenters. The first-order valence-corrected chi connectivity index (χ1v) is 8.90. The molecule has 128 valence electrons. The molecule has 1 aliphatic rings. The number of hydrogen-bond acceptors (Lipinski definition) is 2. The Bertz CT molecular complexity index is 377. The first kappa shape index (κ1) is 19.4. The zero-order chi connectivity index (χ0) is 16.7. The van der Waals surface area contributed by atoms with Gasteiger partial charge < -0.3 is 9.84 Å². The van der Waals surface area contributed by atoms with E-state index in [2.05, 4.69) is 53.7 Å². The van der Waals surface area contributed by atoms with Crippen LogP contribution in [0.4, 0.5) is 0 Å². The zero-order valence-electron chi connectivity index (χ0n) is 15.4. The van der Waals surface area contributed by atoms with Gasteiger partial charge in [0.2, 0.25) is 0 Å². The molecule has 0 bridgehead atoms. The summed E-state index contributed by atoms with van der Waals surface area (Å²) in [4.78, 5) is 0. The van der Waals surface area contributed by atoms with E-state index in [-0.39, 0.29) is 18.1 Å². The summed E-state index contributed by atoms with van der Waals surface area (Å²) in [6, 6.07) is 0. The molecule has 0 saturated heterocycles. The minimum absolute atomic E-state index is 0.195. The molecule has 1 aliphatic carbocycles. The van der Waals surface area contributed by atoms with Crippen LogP contribution < -0.4 is 0 Å². The highest BCUT2D eigenvalue weighted by Crippen LogP contribution is 2.35. The maximum Gasteiger partial charge on any atom is 0.0653 e. The third-order valence-corrected chi connectivity index (χ3v) is 4.76. The molecular formula is C20H36O2. The quantitative estimate of drug-likeness (QED) is 0.661. The van der Waals surface area contributed by atoms with Crippen LogP contribution in [-0.4, -0.2) is 23.9 Å². The molecule has 1 rings (SSSR count). The molecule has 0 radical (unpaired) electrons. The van der Waals surface area contributed by atoms with Crippen LogP contribution in [0.2, 0.25) is 0 Å². The van der Waals surface area contributed by atoms with Crippen molar-refractivity contribution in [3.05, 3.63) is 23.3 Å². The van der Waals surface area contributed by atoms with Gasteiger partial charge in [-0.2, -0.15) is 0 Å². The van der Waals surface area contributed by atoms with Gasteiger partial charge in [0, 0.05) is 5.92 Å². The van der Waals surface area contributed by atoms with E-state index in [1.807, 2.05) is 0 Å². The molecule has 0 heterocycles. The van der Waals surface area contributed by atoms with Crippen LogP contribution in [0.15, 0.2) is 23.3 Å². The van der Waals surface area contributed by atoms with Gasteiger partial charge in [0.1, 0.15) is 0 Å². The van der Waals surface area contributed by atoms with Gasteiger partial charge in [-0.15, -0.1) is 0 Å². The standard InChI is InChI=1S/C20H36O2/c1-14(2)8-7-9-16(5)10-11-22-19-13-17(6)12-18(21)20(19)15(3)4/h8,10,15,17-21H,7,9,11-13H2,1-6H3/b16-10-/t17-,18+,19?,20-/m0/s1. The molecular weight excluding hydrogens is 272 g/mol. The Labute approximate surface area is 137 Å². The van der Waals surface area contributed by atoms with Crippen LogP contribution >= 0.6 is 0 Å². The van der Waals surface area contributed by atoms with Gasteiger partial charge in [-0.3, -0.25) is 0 Å². The topological polar surface area (TPSA) is 29.5 Å². The van der Waals surface area contributed by atoms with Crippen molar-refractivity contribution in [2.75, 3.05) is 6.61 Å². The lowest BCUT2D eigenvalue weighted by atomic mass is 9.73. The van der Waals surface area contributed by atoms with Gasteiger partial charge in [0.15, 0.2) is 0 Å². The molecule has 1 N–H and O–H groups in total. The van der Waals surface area contributed by atoms with Gasteiger partial charge in [-0.25, -0.2) is 0 Å². The summed E-state index contributed by atoms with van der Waals surface area (Å²) in [5.41, 5.74) is 2.78. The number of ether oxygens (including phenoxy) is 1. The highest BCUT2D eigenvalue weighted by atomic mass is 16.5. The average Bonchev–Trinajstić information content (AvgIpc) is 2.36. The van der Waals surface area contributed by atoms with Crippen LogP contribution in [0.3, 0.4) is 0 Å². The average molecular weight is 309 g/mol. The fourth-order valence-electron chi connectivity index (χ4n) is 3.52. The summed E-state index contributed by atoms with van der Waals surface area (Å²) in [6.07, 6.45) is 8.68. The molecule has 0 spiro atoms. The lowest BCUT2D eigenvalue weighted by molar-refractivity contribution is -0.0884. The van der Waals surface area contributed by atoms with Crippen LogP contribution in [-0.2, 0) is 4.74 Å². The molecule has 2 heteroatoms. The highest BCUT2D eigenvalue weighted by Gasteiger charge is 2.37. The second-order valence-corrected chi connectivity index (χ2v) is 7.71. The van der Waals surface area contributed by atoms with E-state index in [4.69, 9.17) is 4.74 Å². The lowest BCUT2D eigenvalue weighted by Gasteiger charge is -2.40. The third kappa shape index (κ3) is 6.66. The summed E-state index contributed by atoms with van der Waals surface area (Å²) in [6.45, 7) is 13.8. The molecule has 0 aliphatic heterocycles. The molecule has 1 fully saturated rings. The molecule has 0 aromatic heterocycles. The Morgan fingerprint density at radius 1 is 1.18 bits per heavy atom. The van der Waals surface area contributed by atoms with E-state index < -0.39 is 0 Å². The van der Waals surface area contributed by atoms with Gasteiger partial charge in [-0.05, 0) is 58.3 Å². The van der Waals surface area contributed by atoms with Crippen molar-refractivity contribution < 1.29 is 9.84 Å². The van der Waals surface area contributed by atoms with E-state index >= 15 is 0 Å². The fourth-order valence-corrected chi connectivity index (χ4v) is 3.52. The number of aliphatic hydroxyl groups excluding tert-OH is 1. The predicted molar refractivity (Wildman–Crippen MR) is 94.9 cm³/mol. The zero-order valence-corrected chi connectivity index (χ0v) is 15.4. The number of hydrogen-bond donors (Lipinski definition) is 1. The summed E-state index contributed by atoms with van der Waals surface area (Å²) in [5, 5.41) is 10.4. The maximum absolute atomic E-state index is 10.4. The second-order valence-electron chi connectivity index (χ2n) is 7.71. The number of aliphatic hydroxyl groups is 1. The Hall–Kier alpha value is -0.600.